The number of aliphatic hydroxyl groups excluding tert-OH is 1. The van der Waals surface area contributed by atoms with E-state index in [-0.39, 0.29) is 11.3 Å². The molecule has 1 aliphatic rings. The molecule has 5 rings (SSSR count). The Kier molecular flexibility index (Phi) is 6.47. The van der Waals surface area contributed by atoms with Gasteiger partial charge in [0, 0.05) is 11.3 Å². The first-order chi connectivity index (χ1) is 18.0. The molecule has 1 saturated heterocycles. The maximum absolute atomic E-state index is 13.4. The van der Waals surface area contributed by atoms with Gasteiger partial charge in [0.15, 0.2) is 0 Å². The largest absolute Gasteiger partial charge is 0.507 e. The van der Waals surface area contributed by atoms with Crippen LogP contribution in [0.4, 0.5) is 5.69 Å². The number of aryl methyl sites for hydroxylation is 1. The quantitative estimate of drug-likeness (QED) is 0.191. The Morgan fingerprint density at radius 2 is 1.46 bits per heavy atom. The number of hydrogen-bond acceptors (Lipinski definition) is 5. The molecule has 4 aromatic rings. The summed E-state index contributed by atoms with van der Waals surface area (Å²) in [6.07, 6.45) is 0. The van der Waals surface area contributed by atoms with Crippen LogP contribution in [0.1, 0.15) is 22.7 Å². The van der Waals surface area contributed by atoms with Crippen LogP contribution >= 0.6 is 0 Å². The molecule has 0 radical (unpaired) electrons. The number of para-hydroxylation sites is 1. The van der Waals surface area contributed by atoms with Gasteiger partial charge in [-0.2, -0.15) is 0 Å². The number of anilines is 1. The lowest BCUT2D eigenvalue weighted by atomic mass is 9.94. The average molecular weight is 492 g/mol. The van der Waals surface area contributed by atoms with Gasteiger partial charge in [0.1, 0.15) is 23.0 Å². The number of rotatable bonds is 6. The van der Waals surface area contributed by atoms with Crippen LogP contribution in [0.15, 0.2) is 109 Å². The molecule has 1 atom stereocenters. The average Bonchev–Trinajstić information content (AvgIpc) is 3.19. The lowest BCUT2D eigenvalue weighted by molar-refractivity contribution is -0.132. The highest BCUT2D eigenvalue weighted by Gasteiger charge is 2.47. The molecule has 0 spiro atoms. The summed E-state index contributed by atoms with van der Waals surface area (Å²) in [4.78, 5) is 28.2. The van der Waals surface area contributed by atoms with Crippen LogP contribution in [0.3, 0.4) is 0 Å². The van der Waals surface area contributed by atoms with Crippen LogP contribution in [0, 0.1) is 6.92 Å². The third-order valence-corrected chi connectivity index (χ3v) is 6.24. The van der Waals surface area contributed by atoms with Gasteiger partial charge in [0.25, 0.3) is 11.7 Å². The summed E-state index contributed by atoms with van der Waals surface area (Å²) in [5.41, 5.74) is 2.61. The third-order valence-electron chi connectivity index (χ3n) is 6.24. The van der Waals surface area contributed by atoms with E-state index in [1.54, 1.807) is 48.5 Å². The molecular weight excluding hydrogens is 466 g/mol. The zero-order valence-corrected chi connectivity index (χ0v) is 20.4. The first-order valence-corrected chi connectivity index (χ1v) is 11.8. The molecule has 4 aromatic carbocycles. The molecule has 0 aromatic heterocycles. The highest BCUT2D eigenvalue weighted by atomic mass is 16.5. The fourth-order valence-electron chi connectivity index (χ4n) is 4.48. The van der Waals surface area contributed by atoms with Crippen LogP contribution in [0.5, 0.6) is 17.2 Å². The predicted molar refractivity (Wildman–Crippen MR) is 142 cm³/mol. The summed E-state index contributed by atoms with van der Waals surface area (Å²) in [5, 5.41) is 11.3. The molecule has 1 fully saturated rings. The van der Waals surface area contributed by atoms with Gasteiger partial charge in [0.05, 0.1) is 18.7 Å². The molecule has 1 amide bonds. The molecule has 0 aliphatic carbocycles. The maximum atomic E-state index is 13.4. The summed E-state index contributed by atoms with van der Waals surface area (Å²) >= 11 is 0. The summed E-state index contributed by atoms with van der Waals surface area (Å²) in [6, 6.07) is 29.9. The molecule has 1 heterocycles. The van der Waals surface area contributed by atoms with E-state index in [0.717, 1.165) is 5.56 Å². The molecule has 1 aliphatic heterocycles. The van der Waals surface area contributed by atoms with Crippen LogP contribution in [0.2, 0.25) is 0 Å². The minimum atomic E-state index is -0.813. The number of ether oxygens (including phenoxy) is 2. The van der Waals surface area contributed by atoms with Crippen LogP contribution in [-0.4, -0.2) is 23.9 Å². The molecule has 6 heteroatoms. The van der Waals surface area contributed by atoms with Crippen molar-refractivity contribution in [2.75, 3.05) is 12.0 Å². The molecule has 1 unspecified atom stereocenters. The van der Waals surface area contributed by atoms with E-state index in [0.29, 0.717) is 34.1 Å². The van der Waals surface area contributed by atoms with Crippen LogP contribution in [-0.2, 0) is 9.59 Å². The summed E-state index contributed by atoms with van der Waals surface area (Å²) < 4.78 is 11.2. The van der Waals surface area contributed by atoms with E-state index in [1.165, 1.54) is 12.0 Å². The Labute approximate surface area is 215 Å². The van der Waals surface area contributed by atoms with Crippen molar-refractivity contribution in [3.8, 4) is 17.2 Å². The zero-order chi connectivity index (χ0) is 25.9. The van der Waals surface area contributed by atoms with Crippen molar-refractivity contribution < 1.29 is 24.2 Å². The number of nitrogens with zero attached hydrogens (tertiary/aromatic N) is 1. The minimum absolute atomic E-state index is 0.0217. The van der Waals surface area contributed by atoms with Crippen molar-refractivity contribution in [3.05, 3.63) is 125 Å². The fourth-order valence-corrected chi connectivity index (χ4v) is 4.48. The van der Waals surface area contributed by atoms with Crippen LogP contribution in [0.25, 0.3) is 5.76 Å². The van der Waals surface area contributed by atoms with Gasteiger partial charge in [-0.3, -0.25) is 14.5 Å². The molecule has 0 saturated carbocycles. The number of carbonyl (C=O) groups excluding carboxylic acids is 2. The second kappa shape index (κ2) is 10.0. The summed E-state index contributed by atoms with van der Waals surface area (Å²) in [6.45, 7) is 1.94. The van der Waals surface area contributed by atoms with Crippen LogP contribution < -0.4 is 14.4 Å². The Morgan fingerprint density at radius 3 is 2.16 bits per heavy atom. The first kappa shape index (κ1) is 23.9. The van der Waals surface area contributed by atoms with E-state index in [1.807, 2.05) is 61.5 Å². The molecule has 0 bridgehead atoms. The maximum Gasteiger partial charge on any atom is 0.300 e. The Morgan fingerprint density at radius 1 is 0.784 bits per heavy atom. The molecular formula is C31H25NO5. The number of aliphatic hydroxyl groups is 1. The highest BCUT2D eigenvalue weighted by Crippen LogP contribution is 2.43. The van der Waals surface area contributed by atoms with Gasteiger partial charge in [-0.15, -0.1) is 0 Å². The first-order valence-electron chi connectivity index (χ1n) is 11.8. The van der Waals surface area contributed by atoms with Gasteiger partial charge in [-0.05, 0) is 61.0 Å². The normalized spacial score (nSPS) is 16.6. The van der Waals surface area contributed by atoms with E-state index < -0.39 is 17.7 Å². The fraction of sp³-hybridized carbons (Fsp3) is 0.0968. The molecule has 184 valence electrons. The number of methoxy groups -OCH3 is 1. The van der Waals surface area contributed by atoms with Gasteiger partial charge in [-0.1, -0.05) is 60.2 Å². The number of benzene rings is 4. The van der Waals surface area contributed by atoms with E-state index in [9.17, 15) is 14.7 Å². The van der Waals surface area contributed by atoms with Crippen molar-refractivity contribution in [2.24, 2.45) is 0 Å². The van der Waals surface area contributed by atoms with Crippen molar-refractivity contribution >= 4 is 23.1 Å². The van der Waals surface area contributed by atoms with Gasteiger partial charge < -0.3 is 14.6 Å². The summed E-state index contributed by atoms with van der Waals surface area (Å²) in [7, 11) is 1.52. The number of carbonyl (C=O) groups is 2. The monoisotopic (exact) mass is 491 g/mol. The molecule has 37 heavy (non-hydrogen) atoms. The number of ketones is 1. The van der Waals surface area contributed by atoms with Crippen molar-refractivity contribution in [1.29, 1.82) is 0 Å². The minimum Gasteiger partial charge on any atom is -0.507 e. The van der Waals surface area contributed by atoms with Gasteiger partial charge in [0.2, 0.25) is 0 Å². The van der Waals surface area contributed by atoms with Gasteiger partial charge >= 0.3 is 0 Å². The molecule has 6 nitrogen and oxygen atoms in total. The number of Topliss-reactive ketones (excluding diaryl/α,β-unsaturated/α-hetero) is 1. The Balaban J connectivity index is 1.60. The number of hydrogen-bond donors (Lipinski definition) is 1. The smallest absolute Gasteiger partial charge is 0.300 e. The molecule has 1 N–H and O–H groups in total. The zero-order valence-electron chi connectivity index (χ0n) is 20.4. The third kappa shape index (κ3) is 4.69. The summed E-state index contributed by atoms with van der Waals surface area (Å²) in [5.74, 6) is 0.0857. The Hall–Kier alpha value is -4.84. The van der Waals surface area contributed by atoms with Crippen molar-refractivity contribution in [2.45, 2.75) is 13.0 Å². The second-order valence-corrected chi connectivity index (χ2v) is 8.72. The lowest BCUT2D eigenvalue weighted by Gasteiger charge is -2.26. The second-order valence-electron chi connectivity index (χ2n) is 8.72. The lowest BCUT2D eigenvalue weighted by Crippen LogP contribution is -2.29. The van der Waals surface area contributed by atoms with E-state index >= 15 is 0 Å². The van der Waals surface area contributed by atoms with Gasteiger partial charge in [-0.25, -0.2) is 0 Å². The topological polar surface area (TPSA) is 76.1 Å². The van der Waals surface area contributed by atoms with Crippen molar-refractivity contribution in [1.82, 2.24) is 0 Å². The predicted octanol–water partition coefficient (Wildman–Crippen LogP) is 6.42. The van der Waals surface area contributed by atoms with E-state index in [4.69, 9.17) is 9.47 Å². The van der Waals surface area contributed by atoms with E-state index in [2.05, 4.69) is 0 Å². The Bertz CT molecular complexity index is 1490. The number of amides is 1. The highest BCUT2D eigenvalue weighted by molar-refractivity contribution is 6.51. The SMILES string of the molecule is COc1cccc(/C(O)=C2/C(=O)C(=O)N(c3ccc(Oc4ccccc4)cc3)C2c2cccc(C)c2)c1. The standard InChI is InChI=1S/C31H25NO5/c1-20-8-6-9-21(18-20)28-27(29(33)22-10-7-13-26(19-22)36-2)30(34)31(35)32(28)23-14-16-25(17-15-23)37-24-11-4-3-5-12-24/h3-19,28,33H,1-2H3/b29-27-. The van der Waals surface area contributed by atoms with Crippen molar-refractivity contribution in [3.63, 3.8) is 0 Å².